The van der Waals surface area contributed by atoms with Crippen molar-refractivity contribution in [3.05, 3.63) is 29.3 Å². The minimum atomic E-state index is -3.94. The van der Waals surface area contributed by atoms with Crippen LogP contribution < -0.4 is 4.72 Å². The van der Waals surface area contributed by atoms with Gasteiger partial charge in [-0.05, 0) is 37.1 Å². The number of hydrogen-bond donors (Lipinski definition) is 1. The van der Waals surface area contributed by atoms with Crippen LogP contribution in [0.1, 0.15) is 32.1 Å². The number of halogens is 1. The van der Waals surface area contributed by atoms with Gasteiger partial charge in [-0.2, -0.15) is 4.72 Å². The molecule has 1 amide bonds. The summed E-state index contributed by atoms with van der Waals surface area (Å²) in [6.45, 7) is -0.420. The van der Waals surface area contributed by atoms with Crippen molar-refractivity contribution in [3.8, 4) is 0 Å². The first-order chi connectivity index (χ1) is 12.2. The van der Waals surface area contributed by atoms with Crippen molar-refractivity contribution < 1.29 is 22.7 Å². The van der Waals surface area contributed by atoms with Crippen LogP contribution in [0.3, 0.4) is 0 Å². The molecule has 1 aliphatic rings. The Bertz CT molecular complexity index is 756. The van der Waals surface area contributed by atoms with E-state index < -0.39 is 28.1 Å². The molecule has 0 unspecified atom stereocenters. The van der Waals surface area contributed by atoms with Gasteiger partial charge in [0, 0.05) is 19.1 Å². The molecule has 9 heteroatoms. The number of nitrogens with one attached hydrogen (secondary N) is 1. The van der Waals surface area contributed by atoms with Crippen molar-refractivity contribution in [1.82, 2.24) is 9.62 Å². The van der Waals surface area contributed by atoms with Gasteiger partial charge in [0.2, 0.25) is 10.0 Å². The summed E-state index contributed by atoms with van der Waals surface area (Å²) >= 11 is 5.80. The number of ether oxygens (including phenoxy) is 1. The van der Waals surface area contributed by atoms with Crippen LogP contribution in [0.15, 0.2) is 29.2 Å². The lowest BCUT2D eigenvalue weighted by atomic mass is 9.82. The van der Waals surface area contributed by atoms with Gasteiger partial charge in [0.05, 0.1) is 4.90 Å². The van der Waals surface area contributed by atoms with Gasteiger partial charge in [-0.3, -0.25) is 9.59 Å². The molecular weight excluding hydrogens is 380 g/mol. The molecule has 0 aliphatic heterocycles. The highest BCUT2D eigenvalue weighted by atomic mass is 35.5. The van der Waals surface area contributed by atoms with Crippen molar-refractivity contribution in [2.45, 2.75) is 42.5 Å². The second-order valence-corrected chi connectivity index (χ2v) is 8.69. The third-order valence-electron chi connectivity index (χ3n) is 4.38. The number of rotatable bonds is 6. The highest BCUT2D eigenvalue weighted by Crippen LogP contribution is 2.31. The van der Waals surface area contributed by atoms with E-state index in [1.54, 1.807) is 14.1 Å². The Morgan fingerprint density at radius 3 is 2.27 bits per heavy atom. The number of amides is 1. The first-order valence-electron chi connectivity index (χ1n) is 8.33. The number of carbonyl (C=O) groups is 2. The summed E-state index contributed by atoms with van der Waals surface area (Å²) in [5.74, 6) is -1.09. The predicted octanol–water partition coefficient (Wildman–Crippen LogP) is 1.95. The summed E-state index contributed by atoms with van der Waals surface area (Å²) in [7, 11) is -0.837. The number of carbonyl (C=O) groups excluding carboxylic acids is 2. The quantitative estimate of drug-likeness (QED) is 0.734. The van der Waals surface area contributed by atoms with Crippen LogP contribution in [0.5, 0.6) is 0 Å². The lowest BCUT2D eigenvalue weighted by Crippen LogP contribution is -2.56. The Kier molecular flexibility index (Phi) is 6.65. The van der Waals surface area contributed by atoms with Crippen LogP contribution >= 0.6 is 11.6 Å². The molecule has 1 N–H and O–H groups in total. The molecule has 1 aromatic carbocycles. The fraction of sp³-hybridized carbons (Fsp3) is 0.529. The Balaban J connectivity index is 2.21. The number of benzene rings is 1. The number of hydrogen-bond acceptors (Lipinski definition) is 5. The average Bonchev–Trinajstić information content (AvgIpc) is 2.60. The lowest BCUT2D eigenvalue weighted by molar-refractivity contribution is -0.157. The van der Waals surface area contributed by atoms with E-state index in [0.717, 1.165) is 6.42 Å². The zero-order valence-corrected chi connectivity index (χ0v) is 16.4. The zero-order valence-electron chi connectivity index (χ0n) is 14.8. The second-order valence-electron chi connectivity index (χ2n) is 6.57. The van der Waals surface area contributed by atoms with Crippen molar-refractivity contribution in [2.75, 3.05) is 20.7 Å². The molecule has 26 heavy (non-hydrogen) atoms. The van der Waals surface area contributed by atoms with Gasteiger partial charge < -0.3 is 9.64 Å². The van der Waals surface area contributed by atoms with Gasteiger partial charge >= 0.3 is 5.97 Å². The summed E-state index contributed by atoms with van der Waals surface area (Å²) in [5.41, 5.74) is -1.36. The molecule has 1 fully saturated rings. The summed E-state index contributed by atoms with van der Waals surface area (Å²) < 4.78 is 33.1. The Morgan fingerprint density at radius 1 is 1.15 bits per heavy atom. The molecule has 0 spiro atoms. The fourth-order valence-corrected chi connectivity index (χ4v) is 4.37. The van der Waals surface area contributed by atoms with E-state index in [4.69, 9.17) is 16.3 Å². The zero-order chi connectivity index (χ0) is 19.4. The molecule has 0 bridgehead atoms. The first kappa shape index (κ1) is 20.7. The van der Waals surface area contributed by atoms with E-state index in [-0.39, 0.29) is 10.8 Å². The largest absolute Gasteiger partial charge is 0.454 e. The van der Waals surface area contributed by atoms with Crippen LogP contribution in [0.2, 0.25) is 5.02 Å². The number of esters is 1. The normalized spacial score (nSPS) is 16.7. The summed E-state index contributed by atoms with van der Waals surface area (Å²) in [4.78, 5) is 25.7. The maximum Gasteiger partial charge on any atom is 0.327 e. The van der Waals surface area contributed by atoms with Gasteiger partial charge in [0.15, 0.2) is 6.61 Å². The molecule has 7 nitrogen and oxygen atoms in total. The molecule has 0 aromatic heterocycles. The molecule has 0 radical (unpaired) electrons. The molecule has 2 rings (SSSR count). The van der Waals surface area contributed by atoms with Gasteiger partial charge in [-0.25, -0.2) is 8.42 Å². The van der Waals surface area contributed by atoms with Gasteiger partial charge in [0.1, 0.15) is 5.54 Å². The fourth-order valence-electron chi connectivity index (χ4n) is 2.83. The van der Waals surface area contributed by atoms with Gasteiger partial charge in [0.25, 0.3) is 5.91 Å². The van der Waals surface area contributed by atoms with Crippen molar-refractivity contribution in [3.63, 3.8) is 0 Å². The molecule has 1 aromatic rings. The first-order valence-corrected chi connectivity index (χ1v) is 10.2. The van der Waals surface area contributed by atoms with Crippen LogP contribution in [-0.2, 0) is 24.3 Å². The average molecular weight is 403 g/mol. The van der Waals surface area contributed by atoms with Crippen LogP contribution in [0, 0.1) is 0 Å². The van der Waals surface area contributed by atoms with Gasteiger partial charge in [-0.15, -0.1) is 0 Å². The Hall–Kier alpha value is -1.64. The van der Waals surface area contributed by atoms with Crippen LogP contribution in [0.4, 0.5) is 0 Å². The SMILES string of the molecule is CN(C)C(=O)COC(=O)C1(NS(=O)(=O)c2ccc(Cl)cc2)CCCCC1. The number of nitrogens with zero attached hydrogens (tertiary/aromatic N) is 1. The van der Waals surface area contributed by atoms with Crippen LogP contribution in [0.25, 0.3) is 0 Å². The minimum Gasteiger partial charge on any atom is -0.454 e. The van der Waals surface area contributed by atoms with Crippen molar-refractivity contribution in [1.29, 1.82) is 0 Å². The molecular formula is C17H23ClN2O5S. The summed E-state index contributed by atoms with van der Waals surface area (Å²) in [6.07, 6.45) is 2.96. The summed E-state index contributed by atoms with van der Waals surface area (Å²) in [5, 5.41) is 0.415. The second kappa shape index (κ2) is 8.37. The smallest absolute Gasteiger partial charge is 0.327 e. The molecule has 1 aliphatic carbocycles. The topological polar surface area (TPSA) is 92.8 Å². The molecule has 0 heterocycles. The maximum atomic E-state index is 12.7. The number of sulfonamides is 1. The van der Waals surface area contributed by atoms with Crippen molar-refractivity contribution >= 4 is 33.5 Å². The third-order valence-corrected chi connectivity index (χ3v) is 6.18. The highest BCUT2D eigenvalue weighted by molar-refractivity contribution is 7.89. The van der Waals surface area contributed by atoms with E-state index in [1.807, 2.05) is 0 Å². The van der Waals surface area contributed by atoms with E-state index >= 15 is 0 Å². The maximum absolute atomic E-state index is 12.7. The predicted molar refractivity (Wildman–Crippen MR) is 97.2 cm³/mol. The highest BCUT2D eigenvalue weighted by Gasteiger charge is 2.44. The standard InChI is InChI=1S/C17H23ClN2O5S/c1-20(2)15(21)12-25-16(22)17(10-4-3-5-11-17)19-26(23,24)14-8-6-13(18)7-9-14/h6-9,19H,3-5,10-12H2,1-2H3. The molecule has 1 saturated carbocycles. The van der Waals surface area contributed by atoms with E-state index in [2.05, 4.69) is 4.72 Å². The molecule has 0 atom stereocenters. The third kappa shape index (κ3) is 4.96. The monoisotopic (exact) mass is 402 g/mol. The molecule has 0 saturated heterocycles. The minimum absolute atomic E-state index is 0.0176. The summed E-state index contributed by atoms with van der Waals surface area (Å²) in [6, 6.07) is 5.69. The van der Waals surface area contributed by atoms with E-state index in [9.17, 15) is 18.0 Å². The van der Waals surface area contributed by atoms with E-state index in [1.165, 1.54) is 29.2 Å². The van der Waals surface area contributed by atoms with E-state index in [0.29, 0.717) is 30.7 Å². The Morgan fingerprint density at radius 2 is 1.73 bits per heavy atom. The van der Waals surface area contributed by atoms with Crippen LogP contribution in [-0.4, -0.2) is 51.4 Å². The van der Waals surface area contributed by atoms with Gasteiger partial charge in [-0.1, -0.05) is 30.9 Å². The molecule has 144 valence electrons. The van der Waals surface area contributed by atoms with Crippen molar-refractivity contribution in [2.24, 2.45) is 0 Å². The Labute approximate surface area is 158 Å². The lowest BCUT2D eigenvalue weighted by Gasteiger charge is -2.35. The number of likely N-dealkylation sites (N-methyl/N-ethyl adjacent to an activating group) is 1.